The molecule has 0 bridgehead atoms. The van der Waals surface area contributed by atoms with Gasteiger partial charge in [0.05, 0.1) is 44.8 Å². The molecular formula is C90H62N8O2. The average molecular weight is 1290 g/mol. The van der Waals surface area contributed by atoms with Crippen molar-refractivity contribution in [3.8, 4) is 56.2 Å². The second-order valence-corrected chi connectivity index (χ2v) is 24.9. The number of hydrogen-bond donors (Lipinski definition) is 0. The summed E-state index contributed by atoms with van der Waals surface area (Å²) in [6, 6.07) is 104. The van der Waals surface area contributed by atoms with Gasteiger partial charge in [0.15, 0.2) is 0 Å². The maximum absolute atomic E-state index is 6.25. The van der Waals surface area contributed by atoms with E-state index in [9.17, 15) is 0 Å². The Morgan fingerprint density at radius 2 is 0.570 bits per heavy atom. The molecule has 0 amide bonds. The quantitative estimate of drug-likeness (QED) is 0.154. The molecule has 100 heavy (non-hydrogen) atoms. The van der Waals surface area contributed by atoms with Crippen LogP contribution in [0.25, 0.3) is 176 Å². The van der Waals surface area contributed by atoms with Gasteiger partial charge >= 0.3 is 0 Å². The van der Waals surface area contributed by atoms with Crippen LogP contribution in [0.4, 0.5) is 0 Å². The molecule has 0 radical (unpaired) electrons. The summed E-state index contributed by atoms with van der Waals surface area (Å²) in [6.45, 7) is 7.79. The lowest BCUT2D eigenvalue weighted by atomic mass is 9.99. The Hall–Kier alpha value is -13.2. The molecular weight excluding hydrogens is 1230 g/mol. The highest BCUT2D eigenvalue weighted by molar-refractivity contribution is 6.15. The van der Waals surface area contributed by atoms with Gasteiger partial charge in [-0.25, -0.2) is 39.9 Å². The zero-order valence-corrected chi connectivity index (χ0v) is 55.3. The highest BCUT2D eigenvalue weighted by Crippen LogP contribution is 2.40. The third-order valence-corrected chi connectivity index (χ3v) is 18.4. The van der Waals surface area contributed by atoms with Crippen molar-refractivity contribution in [2.24, 2.45) is 0 Å². The second-order valence-electron chi connectivity index (χ2n) is 24.9. The van der Waals surface area contributed by atoms with Gasteiger partial charge < -0.3 is 8.83 Å². The van der Waals surface area contributed by atoms with E-state index in [1.54, 1.807) is 0 Å². The standard InChI is InChI=1S/C25H16N2O.C25H18N2.C21H14N2O.C19H14N2/c1-15-26-23-17-8-3-2-7-16(17)13-14-20(23)24(27-15)21-11-6-10-19-18-9-4-5-12-22(18)28-25(19)21;1-17-26-24(21-13-11-19(12-14-21)18-7-3-2-4-8-18)23-16-15-20-9-5-6-10-22(20)25(23)27-17;1-13-22-18-8-4-2-7-17(18)21(23-13)14-10-11-16-15-6-3-5-9-19(15)24-20(16)12-14;1-13-20-18(15-8-3-2-4-9-15)17-12-11-14-7-5-6-10-16(14)19(17)21-13/h2-14H,1H3;2-16H,1H3;2-12H,1H3;2-12H,1H3. The molecule has 0 aliphatic rings. The van der Waals surface area contributed by atoms with Crippen LogP contribution in [0.1, 0.15) is 23.3 Å². The number of furan rings is 2. The van der Waals surface area contributed by atoms with Gasteiger partial charge in [-0.05, 0) is 110 Å². The molecule has 474 valence electrons. The molecule has 0 aliphatic carbocycles. The highest BCUT2D eigenvalue weighted by atomic mass is 16.3. The topological polar surface area (TPSA) is 129 Å². The molecule has 0 N–H and O–H groups in total. The van der Waals surface area contributed by atoms with E-state index >= 15 is 0 Å². The van der Waals surface area contributed by atoms with E-state index in [1.165, 1.54) is 38.1 Å². The summed E-state index contributed by atoms with van der Waals surface area (Å²) in [5.74, 6) is 3.12. The Morgan fingerprint density at radius 3 is 1.13 bits per heavy atom. The number of nitrogens with zero attached hydrogens (tertiary/aromatic N) is 8. The van der Waals surface area contributed by atoms with E-state index in [2.05, 4.69) is 244 Å². The number of fused-ring (bicyclic) bond motifs is 16. The van der Waals surface area contributed by atoms with Crippen LogP contribution in [0.5, 0.6) is 0 Å². The Labute approximate surface area is 575 Å². The van der Waals surface area contributed by atoms with Crippen molar-refractivity contribution in [2.75, 3.05) is 0 Å². The first-order chi connectivity index (χ1) is 49.2. The van der Waals surface area contributed by atoms with E-state index in [1.807, 2.05) is 107 Å². The summed E-state index contributed by atoms with van der Waals surface area (Å²) >= 11 is 0. The van der Waals surface area contributed by atoms with Gasteiger partial charge in [0.25, 0.3) is 0 Å². The molecule has 0 saturated carbocycles. The van der Waals surface area contributed by atoms with Crippen LogP contribution >= 0.6 is 0 Å². The fourth-order valence-corrected chi connectivity index (χ4v) is 13.8. The highest BCUT2D eigenvalue weighted by Gasteiger charge is 2.19. The van der Waals surface area contributed by atoms with E-state index < -0.39 is 0 Å². The van der Waals surface area contributed by atoms with Gasteiger partial charge in [-0.2, -0.15) is 0 Å². The molecule has 0 saturated heterocycles. The molecule has 6 heterocycles. The third-order valence-electron chi connectivity index (χ3n) is 18.4. The van der Waals surface area contributed by atoms with Crippen LogP contribution in [-0.2, 0) is 0 Å². The number of para-hydroxylation sites is 4. The molecule has 0 atom stereocenters. The maximum atomic E-state index is 6.25. The predicted molar refractivity (Wildman–Crippen MR) is 411 cm³/mol. The Morgan fingerprint density at radius 1 is 0.210 bits per heavy atom. The largest absolute Gasteiger partial charge is 0.456 e. The molecule has 10 nitrogen and oxygen atoms in total. The van der Waals surface area contributed by atoms with Gasteiger partial charge in [-0.3, -0.25) is 0 Å². The summed E-state index contributed by atoms with van der Waals surface area (Å²) in [5, 5.41) is 15.9. The first-order valence-corrected chi connectivity index (χ1v) is 33.5. The molecule has 6 aromatic heterocycles. The fourth-order valence-electron chi connectivity index (χ4n) is 13.8. The fraction of sp³-hybridized carbons (Fsp3) is 0.0444. The predicted octanol–water partition coefficient (Wildman–Crippen LogP) is 23.3. The van der Waals surface area contributed by atoms with E-state index in [0.29, 0.717) is 0 Å². The van der Waals surface area contributed by atoms with Crippen molar-refractivity contribution >= 4 is 120 Å². The Kier molecular flexibility index (Phi) is 15.6. The van der Waals surface area contributed by atoms with Crippen LogP contribution in [0.2, 0.25) is 0 Å². The van der Waals surface area contributed by atoms with Gasteiger partial charge in [0, 0.05) is 81.5 Å². The summed E-state index contributed by atoms with van der Waals surface area (Å²) in [7, 11) is 0. The van der Waals surface area contributed by atoms with Crippen molar-refractivity contribution in [2.45, 2.75) is 27.7 Å². The number of hydrogen-bond acceptors (Lipinski definition) is 10. The van der Waals surface area contributed by atoms with E-state index in [0.717, 1.165) is 161 Å². The summed E-state index contributed by atoms with van der Waals surface area (Å²) in [5.41, 5.74) is 18.1. The van der Waals surface area contributed by atoms with Crippen LogP contribution in [-0.4, -0.2) is 39.9 Å². The number of aryl methyl sites for hydroxylation is 4. The van der Waals surface area contributed by atoms with Gasteiger partial charge in [-0.1, -0.05) is 249 Å². The average Bonchev–Trinajstić information content (AvgIpc) is 1.38. The number of rotatable bonds is 5. The number of aromatic nitrogens is 8. The van der Waals surface area contributed by atoms with E-state index in [4.69, 9.17) is 28.8 Å². The van der Waals surface area contributed by atoms with Crippen molar-refractivity contribution < 1.29 is 8.83 Å². The lowest BCUT2D eigenvalue weighted by Gasteiger charge is -2.10. The molecule has 20 aromatic rings. The molecule has 0 spiro atoms. The zero-order valence-electron chi connectivity index (χ0n) is 55.3. The minimum absolute atomic E-state index is 0.756. The molecule has 0 fully saturated rings. The number of benzene rings is 14. The summed E-state index contributed by atoms with van der Waals surface area (Å²) in [4.78, 5) is 37.7. The Balaban J connectivity index is 0.000000100. The van der Waals surface area contributed by atoms with Crippen molar-refractivity contribution in [3.05, 3.63) is 327 Å². The maximum Gasteiger partial charge on any atom is 0.144 e. The zero-order chi connectivity index (χ0) is 67.2. The smallest absolute Gasteiger partial charge is 0.144 e. The molecule has 0 unspecified atom stereocenters. The van der Waals surface area contributed by atoms with Crippen molar-refractivity contribution in [3.63, 3.8) is 0 Å². The van der Waals surface area contributed by atoms with Crippen LogP contribution in [0.3, 0.4) is 0 Å². The van der Waals surface area contributed by atoms with E-state index in [-0.39, 0.29) is 0 Å². The molecule has 10 heteroatoms. The van der Waals surface area contributed by atoms with Crippen molar-refractivity contribution in [1.82, 2.24) is 39.9 Å². The van der Waals surface area contributed by atoms with Gasteiger partial charge in [0.2, 0.25) is 0 Å². The first-order valence-electron chi connectivity index (χ1n) is 33.5. The van der Waals surface area contributed by atoms with Gasteiger partial charge in [0.1, 0.15) is 45.6 Å². The van der Waals surface area contributed by atoms with Gasteiger partial charge in [-0.15, -0.1) is 0 Å². The third kappa shape index (κ3) is 11.4. The Bertz CT molecular complexity index is 6530. The molecule has 14 aromatic carbocycles. The van der Waals surface area contributed by atoms with Crippen LogP contribution in [0.15, 0.2) is 312 Å². The molecule has 20 rings (SSSR count). The van der Waals surface area contributed by atoms with Crippen LogP contribution < -0.4 is 0 Å². The minimum Gasteiger partial charge on any atom is -0.456 e. The minimum atomic E-state index is 0.756. The summed E-state index contributed by atoms with van der Waals surface area (Å²) < 4.78 is 12.3. The first kappa shape index (κ1) is 60.5. The van der Waals surface area contributed by atoms with Crippen LogP contribution in [0, 0.1) is 27.7 Å². The summed E-state index contributed by atoms with van der Waals surface area (Å²) in [6.07, 6.45) is 0. The monoisotopic (exact) mass is 1290 g/mol. The SMILES string of the molecule is Cc1nc(-c2ccc(-c3ccccc3)cc2)c2ccc3ccccc3c2n1.Cc1nc(-c2ccc3c(c2)oc2ccccc23)c2ccccc2n1.Cc1nc(-c2cccc3c2oc2ccccc23)c2ccc3ccccc3c2n1.Cc1nc(-c2ccccc2)c2ccc3ccccc3c2n1. The van der Waals surface area contributed by atoms with Crippen molar-refractivity contribution in [1.29, 1.82) is 0 Å². The normalized spacial score (nSPS) is 11.4. The second kappa shape index (κ2) is 25.8. The lowest BCUT2D eigenvalue weighted by Crippen LogP contribution is -1.95. The molecule has 0 aliphatic heterocycles. The lowest BCUT2D eigenvalue weighted by molar-refractivity contribution is 0.669.